The number of aryl methyl sites for hydroxylation is 3. The number of carbonyl (C=O) groups is 1. The zero-order valence-electron chi connectivity index (χ0n) is 16.6. The summed E-state index contributed by atoms with van der Waals surface area (Å²) in [4.78, 5) is 25.1. The Bertz CT molecular complexity index is 1190. The maximum atomic E-state index is 12.9. The summed E-state index contributed by atoms with van der Waals surface area (Å²) in [6.45, 7) is 7.33. The number of benzene rings is 2. The second-order valence-corrected chi connectivity index (χ2v) is 6.86. The predicted octanol–water partition coefficient (Wildman–Crippen LogP) is 2.66. The highest BCUT2D eigenvalue weighted by Gasteiger charge is 2.17. The molecule has 3 rings (SSSR count). The summed E-state index contributed by atoms with van der Waals surface area (Å²) in [5, 5.41) is 26.1. The van der Waals surface area contributed by atoms with Crippen molar-refractivity contribution in [1.29, 1.82) is 0 Å². The largest absolute Gasteiger partial charge is 0.508 e. The van der Waals surface area contributed by atoms with E-state index >= 15 is 0 Å². The Hall–Kier alpha value is -3.81. The molecule has 1 heterocycles. The van der Waals surface area contributed by atoms with E-state index in [1.807, 2.05) is 32.0 Å². The minimum absolute atomic E-state index is 0.0438. The molecule has 1 amide bonds. The molecule has 29 heavy (non-hydrogen) atoms. The van der Waals surface area contributed by atoms with Crippen LogP contribution in [0.3, 0.4) is 0 Å². The predicted molar refractivity (Wildman–Crippen MR) is 110 cm³/mol. The molecular formula is C21H22N4O4. The number of hydrazone groups is 1. The zero-order valence-corrected chi connectivity index (χ0v) is 16.6. The van der Waals surface area contributed by atoms with Crippen LogP contribution < -0.4 is 11.0 Å². The Kier molecular flexibility index (Phi) is 5.27. The average Bonchev–Trinajstić information content (AvgIpc) is 2.96. The van der Waals surface area contributed by atoms with E-state index in [0.717, 1.165) is 17.2 Å². The Balaban J connectivity index is 1.90. The number of phenolic OH excluding ortho intramolecular Hbond substituents is 2. The topological polar surface area (TPSA) is 120 Å². The van der Waals surface area contributed by atoms with Gasteiger partial charge < -0.3 is 10.2 Å². The van der Waals surface area contributed by atoms with Gasteiger partial charge in [-0.05, 0) is 63.1 Å². The van der Waals surface area contributed by atoms with Crippen molar-refractivity contribution in [2.45, 2.75) is 27.7 Å². The van der Waals surface area contributed by atoms with Crippen LogP contribution in [0, 0.1) is 20.8 Å². The number of rotatable bonds is 4. The number of aromatic nitrogens is 2. The number of hydrogen-bond acceptors (Lipinski definition) is 5. The van der Waals surface area contributed by atoms with E-state index in [1.54, 1.807) is 13.8 Å². The van der Waals surface area contributed by atoms with Crippen molar-refractivity contribution in [2.75, 3.05) is 0 Å². The standard InChI is InChI=1S/C21H22N4O4/c1-11-5-6-15(9-12(11)2)25-21(29)19(14(4)24-25)13(3)22-23-20(28)17-8-7-16(26)10-18(17)27/h5-10,24,26-27H,1-4H3,(H,23,28)/b22-13-. The molecule has 0 fully saturated rings. The number of nitrogens with zero attached hydrogens (tertiary/aromatic N) is 2. The molecule has 1 aromatic heterocycles. The maximum Gasteiger partial charge on any atom is 0.280 e. The molecule has 8 nitrogen and oxygen atoms in total. The fourth-order valence-electron chi connectivity index (χ4n) is 2.98. The first-order valence-corrected chi connectivity index (χ1v) is 8.95. The van der Waals surface area contributed by atoms with Gasteiger partial charge in [0.25, 0.3) is 11.5 Å². The number of H-pyrrole nitrogens is 1. The summed E-state index contributed by atoms with van der Waals surface area (Å²) in [6, 6.07) is 9.33. The minimum atomic E-state index is -0.662. The van der Waals surface area contributed by atoms with Crippen molar-refractivity contribution in [1.82, 2.24) is 15.2 Å². The number of amides is 1. The third kappa shape index (κ3) is 3.91. The van der Waals surface area contributed by atoms with Gasteiger partial charge in [0, 0.05) is 11.8 Å². The first kappa shape index (κ1) is 19.9. The monoisotopic (exact) mass is 394 g/mol. The molecule has 0 radical (unpaired) electrons. The third-order valence-electron chi connectivity index (χ3n) is 4.73. The molecule has 0 unspecified atom stereocenters. The van der Waals surface area contributed by atoms with E-state index < -0.39 is 5.91 Å². The molecule has 0 spiro atoms. The first-order valence-electron chi connectivity index (χ1n) is 8.95. The van der Waals surface area contributed by atoms with E-state index in [0.29, 0.717) is 22.7 Å². The molecule has 0 saturated heterocycles. The van der Waals surface area contributed by atoms with Crippen molar-refractivity contribution in [3.05, 3.63) is 74.7 Å². The van der Waals surface area contributed by atoms with Crippen LogP contribution in [0.15, 0.2) is 46.3 Å². The molecule has 2 aromatic carbocycles. The van der Waals surface area contributed by atoms with Gasteiger partial charge in [0.1, 0.15) is 11.5 Å². The second kappa shape index (κ2) is 7.67. The number of nitrogens with one attached hydrogen (secondary N) is 2. The number of carbonyl (C=O) groups excluding carboxylic acids is 1. The van der Waals surface area contributed by atoms with E-state index in [4.69, 9.17) is 0 Å². The quantitative estimate of drug-likeness (QED) is 0.402. The Morgan fingerprint density at radius 2 is 1.79 bits per heavy atom. The van der Waals surface area contributed by atoms with Crippen LogP contribution in [0.4, 0.5) is 0 Å². The van der Waals surface area contributed by atoms with Crippen molar-refractivity contribution >= 4 is 11.6 Å². The molecule has 8 heteroatoms. The lowest BCUT2D eigenvalue weighted by atomic mass is 10.1. The SMILES string of the molecule is C/C(=N/NC(=O)c1ccc(O)cc1O)c1c(C)[nH]n(-c2ccc(C)c(C)c2)c1=O. The fraction of sp³-hybridized carbons (Fsp3) is 0.190. The lowest BCUT2D eigenvalue weighted by Gasteiger charge is -2.05. The number of aromatic hydroxyl groups is 2. The highest BCUT2D eigenvalue weighted by Crippen LogP contribution is 2.22. The van der Waals surface area contributed by atoms with Gasteiger partial charge >= 0.3 is 0 Å². The molecular weight excluding hydrogens is 372 g/mol. The van der Waals surface area contributed by atoms with Gasteiger partial charge in [0.15, 0.2) is 0 Å². The van der Waals surface area contributed by atoms with Crippen LogP contribution in [0.1, 0.15) is 39.7 Å². The van der Waals surface area contributed by atoms with Crippen LogP contribution in [0.5, 0.6) is 11.5 Å². The first-order chi connectivity index (χ1) is 13.7. The molecule has 0 aliphatic heterocycles. The normalized spacial score (nSPS) is 11.5. The van der Waals surface area contributed by atoms with Crippen molar-refractivity contribution in [3.63, 3.8) is 0 Å². The molecule has 0 saturated carbocycles. The summed E-state index contributed by atoms with van der Waals surface area (Å²) < 4.78 is 1.43. The van der Waals surface area contributed by atoms with Crippen LogP contribution in [-0.2, 0) is 0 Å². The van der Waals surface area contributed by atoms with Gasteiger partial charge in [0.2, 0.25) is 0 Å². The van der Waals surface area contributed by atoms with E-state index in [9.17, 15) is 19.8 Å². The molecule has 3 aromatic rings. The van der Waals surface area contributed by atoms with Crippen LogP contribution in [-0.4, -0.2) is 31.6 Å². The zero-order chi connectivity index (χ0) is 21.3. The van der Waals surface area contributed by atoms with Crippen LogP contribution in [0.2, 0.25) is 0 Å². The number of phenols is 2. The highest BCUT2D eigenvalue weighted by atomic mass is 16.3. The van der Waals surface area contributed by atoms with Crippen LogP contribution >= 0.6 is 0 Å². The smallest absolute Gasteiger partial charge is 0.280 e. The van der Waals surface area contributed by atoms with Gasteiger partial charge in [0.05, 0.1) is 22.5 Å². The molecule has 0 atom stereocenters. The second-order valence-electron chi connectivity index (χ2n) is 6.86. The summed E-state index contributed by atoms with van der Waals surface area (Å²) in [7, 11) is 0. The Morgan fingerprint density at radius 3 is 2.45 bits per heavy atom. The van der Waals surface area contributed by atoms with Crippen molar-refractivity contribution < 1.29 is 15.0 Å². The van der Waals surface area contributed by atoms with E-state index in [2.05, 4.69) is 15.6 Å². The maximum absolute atomic E-state index is 12.9. The minimum Gasteiger partial charge on any atom is -0.508 e. The average molecular weight is 394 g/mol. The summed E-state index contributed by atoms with van der Waals surface area (Å²) in [5.74, 6) is -1.19. The van der Waals surface area contributed by atoms with E-state index in [-0.39, 0.29) is 22.6 Å². The van der Waals surface area contributed by atoms with Gasteiger partial charge in [-0.1, -0.05) is 6.07 Å². The van der Waals surface area contributed by atoms with Gasteiger partial charge in [-0.2, -0.15) is 5.10 Å². The summed E-state index contributed by atoms with van der Waals surface area (Å²) in [5.41, 5.74) is 6.17. The van der Waals surface area contributed by atoms with E-state index in [1.165, 1.54) is 16.8 Å². The fourth-order valence-corrected chi connectivity index (χ4v) is 2.98. The lowest BCUT2D eigenvalue weighted by molar-refractivity contribution is 0.0952. The molecule has 0 aliphatic rings. The Labute approximate surface area is 167 Å². The van der Waals surface area contributed by atoms with Crippen molar-refractivity contribution in [2.24, 2.45) is 5.10 Å². The number of aromatic amines is 1. The lowest BCUT2D eigenvalue weighted by Crippen LogP contribution is -2.23. The van der Waals surface area contributed by atoms with Gasteiger partial charge in [-0.25, -0.2) is 10.1 Å². The van der Waals surface area contributed by atoms with Crippen molar-refractivity contribution in [3.8, 4) is 17.2 Å². The Morgan fingerprint density at radius 1 is 1.07 bits per heavy atom. The van der Waals surface area contributed by atoms with Gasteiger partial charge in [-0.3, -0.25) is 14.7 Å². The summed E-state index contributed by atoms with van der Waals surface area (Å²) in [6.07, 6.45) is 0. The van der Waals surface area contributed by atoms with Crippen LogP contribution in [0.25, 0.3) is 5.69 Å². The third-order valence-corrected chi connectivity index (χ3v) is 4.73. The molecule has 0 bridgehead atoms. The number of hydrogen-bond donors (Lipinski definition) is 4. The molecule has 4 N–H and O–H groups in total. The summed E-state index contributed by atoms with van der Waals surface area (Å²) >= 11 is 0. The van der Waals surface area contributed by atoms with Gasteiger partial charge in [-0.15, -0.1) is 0 Å². The molecule has 150 valence electrons. The highest BCUT2D eigenvalue weighted by molar-refractivity contribution is 6.02. The molecule has 0 aliphatic carbocycles.